The van der Waals surface area contributed by atoms with E-state index in [0.29, 0.717) is 18.0 Å². The summed E-state index contributed by atoms with van der Waals surface area (Å²) in [6, 6.07) is 16.3. The predicted molar refractivity (Wildman–Crippen MR) is 94.3 cm³/mol. The summed E-state index contributed by atoms with van der Waals surface area (Å²) in [5.41, 5.74) is 1.96. The van der Waals surface area contributed by atoms with Crippen LogP contribution in [0.2, 0.25) is 5.02 Å². The fourth-order valence-electron chi connectivity index (χ4n) is 2.46. The maximum Gasteiger partial charge on any atom is 0.404 e. The number of hydrogen-bond donors (Lipinski definition) is 4. The van der Waals surface area contributed by atoms with Gasteiger partial charge < -0.3 is 20.8 Å². The van der Waals surface area contributed by atoms with Crippen LogP contribution in [-0.4, -0.2) is 35.0 Å². The molecule has 0 saturated heterocycles. The van der Waals surface area contributed by atoms with Crippen LogP contribution in [0.25, 0.3) is 0 Å². The Hall–Kier alpha value is -2.08. The monoisotopic (exact) mass is 348 g/mol. The van der Waals surface area contributed by atoms with E-state index in [4.69, 9.17) is 16.7 Å². The number of rotatable bonds is 8. The molecule has 5 nitrogen and oxygen atoms in total. The van der Waals surface area contributed by atoms with Crippen molar-refractivity contribution < 1.29 is 15.0 Å². The third-order valence-electron chi connectivity index (χ3n) is 3.64. The molecule has 0 aliphatic heterocycles. The second kappa shape index (κ2) is 9.27. The summed E-state index contributed by atoms with van der Waals surface area (Å²) in [4.78, 5) is 11.0. The third-order valence-corrected chi connectivity index (χ3v) is 3.88. The summed E-state index contributed by atoms with van der Waals surface area (Å²) in [5.74, 6) is 0. The van der Waals surface area contributed by atoms with Crippen LogP contribution >= 0.6 is 11.6 Å². The maximum atomic E-state index is 11.0. The lowest BCUT2D eigenvalue weighted by molar-refractivity contribution is 0.117. The van der Waals surface area contributed by atoms with Gasteiger partial charge in [0.15, 0.2) is 0 Å². The molecule has 1 amide bonds. The minimum absolute atomic E-state index is 0.268. The van der Waals surface area contributed by atoms with Crippen molar-refractivity contribution >= 4 is 17.7 Å². The van der Waals surface area contributed by atoms with Crippen molar-refractivity contribution in [3.05, 3.63) is 70.7 Å². The number of halogens is 1. The van der Waals surface area contributed by atoms with Crippen LogP contribution in [-0.2, 0) is 13.0 Å². The Morgan fingerprint density at radius 2 is 1.79 bits per heavy atom. The van der Waals surface area contributed by atoms with Crippen molar-refractivity contribution in [3.8, 4) is 0 Å². The fraction of sp³-hybridized carbons (Fsp3) is 0.278. The van der Waals surface area contributed by atoms with Gasteiger partial charge in [0.1, 0.15) is 0 Å². The standard InChI is InChI=1S/C18H21ClN2O3/c19-15-8-4-7-14(9-15)11-20-12-17(22)16(21-18(23)24)10-13-5-2-1-3-6-13/h1-9,16-17,20-22H,10-12H2,(H,23,24). The molecule has 0 fully saturated rings. The topological polar surface area (TPSA) is 81.6 Å². The van der Waals surface area contributed by atoms with E-state index in [0.717, 1.165) is 11.1 Å². The van der Waals surface area contributed by atoms with Gasteiger partial charge in [0.05, 0.1) is 12.1 Å². The van der Waals surface area contributed by atoms with Gasteiger partial charge in [-0.05, 0) is 29.7 Å². The molecule has 2 aromatic rings. The molecule has 4 N–H and O–H groups in total. The number of amides is 1. The SMILES string of the molecule is O=C(O)NC(Cc1ccccc1)C(O)CNCc1cccc(Cl)c1. The molecule has 2 atom stereocenters. The molecule has 0 heterocycles. The van der Waals surface area contributed by atoms with Crippen molar-refractivity contribution in [2.24, 2.45) is 0 Å². The lowest BCUT2D eigenvalue weighted by Crippen LogP contribution is -2.48. The zero-order valence-electron chi connectivity index (χ0n) is 13.2. The van der Waals surface area contributed by atoms with Gasteiger partial charge in [-0.25, -0.2) is 4.79 Å². The van der Waals surface area contributed by atoms with Gasteiger partial charge in [0.2, 0.25) is 0 Å². The Bertz CT molecular complexity index is 652. The number of carbonyl (C=O) groups is 1. The molecule has 128 valence electrons. The van der Waals surface area contributed by atoms with E-state index in [1.165, 1.54) is 0 Å². The quantitative estimate of drug-likeness (QED) is 0.591. The van der Waals surface area contributed by atoms with E-state index >= 15 is 0 Å². The fourth-order valence-corrected chi connectivity index (χ4v) is 2.68. The van der Waals surface area contributed by atoms with Crippen LogP contribution in [0.5, 0.6) is 0 Å². The van der Waals surface area contributed by atoms with E-state index in [1.54, 1.807) is 6.07 Å². The van der Waals surface area contributed by atoms with Crippen LogP contribution in [0.15, 0.2) is 54.6 Å². The average Bonchev–Trinajstić information content (AvgIpc) is 2.55. The third kappa shape index (κ3) is 6.20. The highest BCUT2D eigenvalue weighted by molar-refractivity contribution is 6.30. The second-order valence-electron chi connectivity index (χ2n) is 5.57. The van der Waals surface area contributed by atoms with E-state index in [9.17, 15) is 9.90 Å². The van der Waals surface area contributed by atoms with Crippen molar-refractivity contribution in [1.29, 1.82) is 0 Å². The summed E-state index contributed by atoms with van der Waals surface area (Å²) in [6.45, 7) is 0.813. The number of benzene rings is 2. The van der Waals surface area contributed by atoms with Crippen molar-refractivity contribution in [2.75, 3.05) is 6.54 Å². The highest BCUT2D eigenvalue weighted by Gasteiger charge is 2.21. The van der Waals surface area contributed by atoms with Gasteiger partial charge in [0, 0.05) is 18.1 Å². The Labute approximate surface area is 146 Å². The second-order valence-corrected chi connectivity index (χ2v) is 6.01. The smallest absolute Gasteiger partial charge is 0.404 e. The predicted octanol–water partition coefficient (Wildman–Crippen LogP) is 2.67. The normalized spacial score (nSPS) is 13.2. The number of aliphatic hydroxyl groups is 1. The Kier molecular flexibility index (Phi) is 7.06. The first-order chi connectivity index (χ1) is 11.5. The first-order valence-corrected chi connectivity index (χ1v) is 8.09. The van der Waals surface area contributed by atoms with Crippen molar-refractivity contribution in [2.45, 2.75) is 25.1 Å². The van der Waals surface area contributed by atoms with Crippen molar-refractivity contribution in [3.63, 3.8) is 0 Å². The number of aliphatic hydroxyl groups excluding tert-OH is 1. The van der Waals surface area contributed by atoms with Crippen molar-refractivity contribution in [1.82, 2.24) is 10.6 Å². The zero-order valence-corrected chi connectivity index (χ0v) is 13.9. The first-order valence-electron chi connectivity index (χ1n) is 7.71. The molecule has 0 bridgehead atoms. The number of nitrogens with one attached hydrogen (secondary N) is 2. The van der Waals surface area contributed by atoms with Crippen LogP contribution in [0.1, 0.15) is 11.1 Å². The van der Waals surface area contributed by atoms with Gasteiger partial charge in [0.25, 0.3) is 0 Å². The molecule has 0 aliphatic carbocycles. The number of hydrogen-bond acceptors (Lipinski definition) is 3. The van der Waals surface area contributed by atoms with Gasteiger partial charge in [-0.1, -0.05) is 54.1 Å². The average molecular weight is 349 g/mol. The van der Waals surface area contributed by atoms with Gasteiger partial charge in [-0.15, -0.1) is 0 Å². The molecule has 2 rings (SSSR count). The number of carboxylic acid groups (broad SMARTS) is 1. The summed E-state index contributed by atoms with van der Waals surface area (Å²) in [7, 11) is 0. The summed E-state index contributed by atoms with van der Waals surface area (Å²) in [5, 5.41) is 25.5. The van der Waals surface area contributed by atoms with Crippen LogP contribution in [0, 0.1) is 0 Å². The zero-order chi connectivity index (χ0) is 17.4. The molecule has 0 radical (unpaired) electrons. The largest absolute Gasteiger partial charge is 0.465 e. The minimum atomic E-state index is -1.15. The highest BCUT2D eigenvalue weighted by atomic mass is 35.5. The van der Waals surface area contributed by atoms with E-state index in [1.807, 2.05) is 48.5 Å². The molecular formula is C18H21ClN2O3. The van der Waals surface area contributed by atoms with Crippen LogP contribution in [0.3, 0.4) is 0 Å². The summed E-state index contributed by atoms with van der Waals surface area (Å²) < 4.78 is 0. The molecule has 24 heavy (non-hydrogen) atoms. The van der Waals surface area contributed by atoms with E-state index < -0.39 is 18.2 Å². The van der Waals surface area contributed by atoms with Crippen LogP contribution in [0.4, 0.5) is 4.79 Å². The Morgan fingerprint density at radius 3 is 2.46 bits per heavy atom. The first kappa shape index (κ1) is 18.3. The Morgan fingerprint density at radius 1 is 1.08 bits per heavy atom. The van der Waals surface area contributed by atoms with E-state index in [2.05, 4.69) is 10.6 Å². The molecule has 2 unspecified atom stereocenters. The summed E-state index contributed by atoms with van der Waals surface area (Å²) in [6.07, 6.45) is -1.57. The molecule has 0 saturated carbocycles. The maximum absolute atomic E-state index is 11.0. The molecule has 0 spiro atoms. The van der Waals surface area contributed by atoms with Gasteiger partial charge in [-0.2, -0.15) is 0 Å². The summed E-state index contributed by atoms with van der Waals surface area (Å²) >= 11 is 5.93. The molecule has 0 aromatic heterocycles. The molecule has 2 aromatic carbocycles. The van der Waals surface area contributed by atoms with Gasteiger partial charge in [-0.3, -0.25) is 0 Å². The van der Waals surface area contributed by atoms with E-state index in [-0.39, 0.29) is 6.54 Å². The Balaban J connectivity index is 1.89. The highest BCUT2D eigenvalue weighted by Crippen LogP contribution is 2.10. The van der Waals surface area contributed by atoms with Gasteiger partial charge >= 0.3 is 6.09 Å². The molecule has 6 heteroatoms. The molecule has 0 aliphatic rings. The lowest BCUT2D eigenvalue weighted by atomic mass is 10.0. The lowest BCUT2D eigenvalue weighted by Gasteiger charge is -2.23. The minimum Gasteiger partial charge on any atom is -0.465 e. The van der Waals surface area contributed by atoms with Crippen LogP contribution < -0.4 is 10.6 Å². The molecular weight excluding hydrogens is 328 g/mol.